The molecule has 0 saturated carbocycles. The molecule has 0 aliphatic carbocycles. The predicted molar refractivity (Wildman–Crippen MR) is 81.2 cm³/mol. The fourth-order valence-electron chi connectivity index (χ4n) is 2.51. The Morgan fingerprint density at radius 1 is 0.913 bits per heavy atom. The zero-order valence-electron chi connectivity index (χ0n) is 11.7. The summed E-state index contributed by atoms with van der Waals surface area (Å²) in [4.78, 5) is 26.3. The van der Waals surface area contributed by atoms with E-state index in [4.69, 9.17) is 0 Å². The number of hydrogen-bond acceptors (Lipinski definition) is 3. The summed E-state index contributed by atoms with van der Waals surface area (Å²) in [7, 11) is 0. The third kappa shape index (κ3) is 2.36. The molecular weight excluding hydrogens is 302 g/mol. The maximum atomic E-state index is 13.3. The molecule has 0 bridgehead atoms. The van der Waals surface area contributed by atoms with Crippen molar-refractivity contribution in [3.05, 3.63) is 70.0 Å². The summed E-state index contributed by atoms with van der Waals surface area (Å²) in [6, 6.07) is 9.28. The lowest BCUT2D eigenvalue weighted by Crippen LogP contribution is -2.13. The highest BCUT2D eigenvalue weighted by Crippen LogP contribution is 2.15. The summed E-state index contributed by atoms with van der Waals surface area (Å²) in [5.74, 6) is -1.16. The minimum Gasteiger partial charge on any atom is -0.342 e. The van der Waals surface area contributed by atoms with Gasteiger partial charge in [0.25, 0.3) is 5.56 Å². The van der Waals surface area contributed by atoms with Gasteiger partial charge >= 0.3 is 0 Å². The Morgan fingerprint density at radius 2 is 1.61 bits per heavy atom. The number of aromatic nitrogens is 4. The zero-order chi connectivity index (χ0) is 16.0. The van der Waals surface area contributed by atoms with E-state index in [9.17, 15) is 13.6 Å². The second-order valence-electron chi connectivity index (χ2n) is 5.17. The first-order chi connectivity index (χ1) is 11.1. The fraction of sp³-hybridized carbons (Fsp3) is 0.0625. The van der Waals surface area contributed by atoms with Crippen LogP contribution in [0.4, 0.5) is 8.78 Å². The number of aromatic amines is 2. The average molecular weight is 312 g/mol. The Bertz CT molecular complexity index is 1070. The van der Waals surface area contributed by atoms with Crippen LogP contribution in [0.25, 0.3) is 21.9 Å². The van der Waals surface area contributed by atoms with Crippen molar-refractivity contribution >= 4 is 21.9 Å². The third-order valence-corrected chi connectivity index (χ3v) is 3.57. The van der Waals surface area contributed by atoms with E-state index in [0.29, 0.717) is 11.6 Å². The summed E-state index contributed by atoms with van der Waals surface area (Å²) in [6.07, 6.45) is 0.249. The van der Waals surface area contributed by atoms with Crippen molar-refractivity contribution in [2.45, 2.75) is 6.42 Å². The van der Waals surface area contributed by atoms with Crippen LogP contribution in [0.5, 0.6) is 0 Å². The first kappa shape index (κ1) is 13.6. The van der Waals surface area contributed by atoms with E-state index in [0.717, 1.165) is 23.2 Å². The summed E-state index contributed by atoms with van der Waals surface area (Å²) in [5.41, 5.74) is 1.27. The minimum atomic E-state index is -1.07. The van der Waals surface area contributed by atoms with Crippen molar-refractivity contribution in [3.8, 4) is 0 Å². The molecule has 2 aromatic carbocycles. The van der Waals surface area contributed by atoms with Crippen molar-refractivity contribution in [3.63, 3.8) is 0 Å². The highest BCUT2D eigenvalue weighted by Gasteiger charge is 2.11. The van der Waals surface area contributed by atoms with Gasteiger partial charge in [0.1, 0.15) is 11.6 Å². The van der Waals surface area contributed by atoms with Crippen LogP contribution in [-0.2, 0) is 6.42 Å². The Kier molecular flexibility index (Phi) is 2.94. The van der Waals surface area contributed by atoms with Gasteiger partial charge in [-0.3, -0.25) is 4.79 Å². The summed E-state index contributed by atoms with van der Waals surface area (Å²) >= 11 is 0. The van der Waals surface area contributed by atoms with E-state index in [1.54, 1.807) is 0 Å². The van der Waals surface area contributed by atoms with Crippen LogP contribution in [0.3, 0.4) is 0 Å². The predicted octanol–water partition coefficient (Wildman–Crippen LogP) is 2.67. The van der Waals surface area contributed by atoms with Crippen molar-refractivity contribution in [2.75, 3.05) is 0 Å². The van der Waals surface area contributed by atoms with E-state index in [-0.39, 0.29) is 17.3 Å². The lowest BCUT2D eigenvalue weighted by atomic mass is 10.2. The molecule has 0 amide bonds. The second-order valence-corrected chi connectivity index (χ2v) is 5.17. The summed E-state index contributed by atoms with van der Waals surface area (Å²) in [6.45, 7) is 0. The van der Waals surface area contributed by atoms with Gasteiger partial charge in [0.15, 0.2) is 11.6 Å². The van der Waals surface area contributed by atoms with Gasteiger partial charge in [-0.25, -0.2) is 18.7 Å². The zero-order valence-corrected chi connectivity index (χ0v) is 11.7. The number of hydrogen-bond donors (Lipinski definition) is 2. The molecular formula is C16H10F2N4O. The fourth-order valence-corrected chi connectivity index (χ4v) is 2.51. The molecule has 23 heavy (non-hydrogen) atoms. The number of halogens is 2. The quantitative estimate of drug-likeness (QED) is 0.597. The molecule has 0 spiro atoms. The average Bonchev–Trinajstić information content (AvgIpc) is 2.91. The Hall–Kier alpha value is -3.09. The van der Waals surface area contributed by atoms with E-state index in [1.807, 2.05) is 24.3 Å². The van der Waals surface area contributed by atoms with Crippen molar-refractivity contribution < 1.29 is 8.78 Å². The number of rotatable bonds is 2. The molecule has 0 atom stereocenters. The monoisotopic (exact) mass is 312 g/mol. The number of fused-ring (bicyclic) bond motifs is 2. The normalized spacial score (nSPS) is 11.4. The molecule has 114 valence electrons. The first-order valence-corrected chi connectivity index (χ1v) is 6.92. The lowest BCUT2D eigenvalue weighted by Gasteiger charge is -2.02. The van der Waals surface area contributed by atoms with E-state index >= 15 is 0 Å². The maximum absolute atomic E-state index is 13.3. The van der Waals surface area contributed by atoms with Crippen molar-refractivity contribution in [1.29, 1.82) is 0 Å². The Morgan fingerprint density at radius 3 is 2.43 bits per heavy atom. The molecule has 0 aliphatic heterocycles. The van der Waals surface area contributed by atoms with E-state index in [2.05, 4.69) is 19.9 Å². The first-order valence-electron chi connectivity index (χ1n) is 6.92. The standard InChI is InChI=1S/C16H10F2N4O/c17-9-5-8-13(6-10(9)18)21-15(22-16(8)23)7-14-19-11-3-1-2-4-12(11)20-14/h1-6H,7H2,(H,19,20)(H,21,22,23). The SMILES string of the molecule is O=c1[nH]c(Cc2nc3ccccc3[nH]2)nc2cc(F)c(F)cc12. The van der Waals surface area contributed by atoms with Crippen LogP contribution in [0.15, 0.2) is 41.2 Å². The molecule has 4 rings (SSSR count). The molecule has 0 saturated heterocycles. The minimum absolute atomic E-state index is 0.0113. The molecule has 7 heteroatoms. The maximum Gasteiger partial charge on any atom is 0.258 e. The number of benzene rings is 2. The molecule has 0 unspecified atom stereocenters. The van der Waals surface area contributed by atoms with Crippen LogP contribution in [0.2, 0.25) is 0 Å². The topological polar surface area (TPSA) is 74.4 Å². The molecule has 0 fully saturated rings. The number of H-pyrrole nitrogens is 2. The van der Waals surface area contributed by atoms with Crippen LogP contribution >= 0.6 is 0 Å². The van der Waals surface area contributed by atoms with Gasteiger partial charge < -0.3 is 9.97 Å². The lowest BCUT2D eigenvalue weighted by molar-refractivity contribution is 0.510. The molecule has 2 heterocycles. The van der Waals surface area contributed by atoms with Gasteiger partial charge in [0.2, 0.25) is 0 Å². The second kappa shape index (κ2) is 4.98. The molecule has 5 nitrogen and oxygen atoms in total. The van der Waals surface area contributed by atoms with Gasteiger partial charge in [0.05, 0.1) is 28.4 Å². The van der Waals surface area contributed by atoms with Gasteiger partial charge in [-0.15, -0.1) is 0 Å². The number of para-hydroxylation sites is 2. The third-order valence-electron chi connectivity index (χ3n) is 3.57. The highest BCUT2D eigenvalue weighted by molar-refractivity contribution is 5.77. The van der Waals surface area contributed by atoms with Gasteiger partial charge in [0, 0.05) is 6.07 Å². The summed E-state index contributed by atoms with van der Waals surface area (Å²) < 4.78 is 26.6. The molecule has 2 aromatic heterocycles. The smallest absolute Gasteiger partial charge is 0.258 e. The number of nitrogens with zero attached hydrogens (tertiary/aromatic N) is 2. The van der Waals surface area contributed by atoms with Gasteiger partial charge in [-0.1, -0.05) is 12.1 Å². The summed E-state index contributed by atoms with van der Waals surface area (Å²) in [5, 5.41) is 0.0113. The Labute approximate surface area is 128 Å². The van der Waals surface area contributed by atoms with Crippen LogP contribution < -0.4 is 5.56 Å². The number of imidazole rings is 1. The van der Waals surface area contributed by atoms with Crippen molar-refractivity contribution in [2.24, 2.45) is 0 Å². The van der Waals surface area contributed by atoms with Crippen LogP contribution in [0.1, 0.15) is 11.6 Å². The van der Waals surface area contributed by atoms with Gasteiger partial charge in [-0.05, 0) is 18.2 Å². The van der Waals surface area contributed by atoms with Crippen LogP contribution in [0, 0.1) is 11.6 Å². The molecule has 2 N–H and O–H groups in total. The van der Waals surface area contributed by atoms with Gasteiger partial charge in [-0.2, -0.15) is 0 Å². The molecule has 0 radical (unpaired) electrons. The largest absolute Gasteiger partial charge is 0.342 e. The Balaban J connectivity index is 1.79. The molecule has 4 aromatic rings. The number of nitrogens with one attached hydrogen (secondary N) is 2. The molecule has 0 aliphatic rings. The van der Waals surface area contributed by atoms with E-state index in [1.165, 1.54) is 0 Å². The van der Waals surface area contributed by atoms with E-state index < -0.39 is 17.2 Å². The van der Waals surface area contributed by atoms with Crippen LogP contribution in [-0.4, -0.2) is 19.9 Å². The van der Waals surface area contributed by atoms with Crippen molar-refractivity contribution in [1.82, 2.24) is 19.9 Å². The highest BCUT2D eigenvalue weighted by atomic mass is 19.2.